The number of rotatable bonds is 2. The van der Waals surface area contributed by atoms with Gasteiger partial charge in [0.1, 0.15) is 5.60 Å². The average molecular weight is 243 g/mol. The molecule has 1 atom stereocenters. The molecule has 0 aromatic heterocycles. The van der Waals surface area contributed by atoms with Crippen LogP contribution in [0.5, 0.6) is 0 Å². The van der Waals surface area contributed by atoms with Crippen molar-refractivity contribution in [1.29, 1.82) is 0 Å². The molecule has 1 saturated heterocycles. The molecule has 98 valence electrons. The average Bonchev–Trinajstić information content (AvgIpc) is 2.26. The predicted octanol–water partition coefficient (Wildman–Crippen LogP) is 1.01. The molecule has 0 aliphatic carbocycles. The largest absolute Gasteiger partial charge is 0.467 e. The van der Waals surface area contributed by atoms with Gasteiger partial charge in [-0.2, -0.15) is 0 Å². The Labute approximate surface area is 102 Å². The first-order valence-corrected chi connectivity index (χ1v) is 5.89. The van der Waals surface area contributed by atoms with E-state index in [0.29, 0.717) is 13.0 Å². The first-order chi connectivity index (χ1) is 7.82. The summed E-state index contributed by atoms with van der Waals surface area (Å²) in [5.41, 5.74) is -1.93. The third-order valence-corrected chi connectivity index (χ3v) is 2.69. The van der Waals surface area contributed by atoms with Gasteiger partial charge in [0.05, 0.1) is 7.11 Å². The predicted molar refractivity (Wildman–Crippen MR) is 62.4 cm³/mol. The summed E-state index contributed by atoms with van der Waals surface area (Å²) < 4.78 is 10.0. The molecule has 1 fully saturated rings. The van der Waals surface area contributed by atoms with E-state index in [1.807, 2.05) is 0 Å². The number of carbonyl (C=O) groups excluding carboxylic acids is 2. The Morgan fingerprint density at radius 3 is 2.24 bits per heavy atom. The van der Waals surface area contributed by atoms with E-state index in [9.17, 15) is 9.59 Å². The SMILES string of the molecule is COC(=O)C1(C(=O)OC(C)(C)C)CCCCN1. The van der Waals surface area contributed by atoms with Crippen molar-refractivity contribution in [3.8, 4) is 0 Å². The summed E-state index contributed by atoms with van der Waals surface area (Å²) in [6.07, 6.45) is 2.18. The van der Waals surface area contributed by atoms with Crippen LogP contribution in [0.3, 0.4) is 0 Å². The Morgan fingerprint density at radius 2 is 1.82 bits per heavy atom. The van der Waals surface area contributed by atoms with Gasteiger partial charge in [0.2, 0.25) is 5.54 Å². The third kappa shape index (κ3) is 3.19. The number of nitrogens with one attached hydrogen (secondary N) is 1. The topological polar surface area (TPSA) is 64.6 Å². The monoisotopic (exact) mass is 243 g/mol. The van der Waals surface area contributed by atoms with Crippen molar-refractivity contribution in [2.45, 2.75) is 51.2 Å². The van der Waals surface area contributed by atoms with E-state index < -0.39 is 23.1 Å². The van der Waals surface area contributed by atoms with Gasteiger partial charge in [0, 0.05) is 0 Å². The van der Waals surface area contributed by atoms with Crippen molar-refractivity contribution in [3.63, 3.8) is 0 Å². The molecule has 5 nitrogen and oxygen atoms in total. The van der Waals surface area contributed by atoms with Crippen LogP contribution in [-0.4, -0.2) is 36.7 Å². The highest BCUT2D eigenvalue weighted by Gasteiger charge is 2.50. The van der Waals surface area contributed by atoms with Crippen molar-refractivity contribution in [3.05, 3.63) is 0 Å². The lowest BCUT2D eigenvalue weighted by Crippen LogP contribution is -2.62. The molecule has 1 heterocycles. The van der Waals surface area contributed by atoms with Crippen LogP contribution in [0.2, 0.25) is 0 Å². The number of methoxy groups -OCH3 is 1. The lowest BCUT2D eigenvalue weighted by atomic mass is 9.88. The second kappa shape index (κ2) is 5.04. The van der Waals surface area contributed by atoms with Crippen molar-refractivity contribution < 1.29 is 19.1 Å². The number of carbonyl (C=O) groups is 2. The first kappa shape index (κ1) is 14.0. The summed E-state index contributed by atoms with van der Waals surface area (Å²) in [5, 5.41) is 2.96. The van der Waals surface area contributed by atoms with Crippen molar-refractivity contribution >= 4 is 11.9 Å². The van der Waals surface area contributed by atoms with E-state index >= 15 is 0 Å². The lowest BCUT2D eigenvalue weighted by Gasteiger charge is -2.35. The first-order valence-electron chi connectivity index (χ1n) is 5.89. The highest BCUT2D eigenvalue weighted by Crippen LogP contribution is 2.24. The van der Waals surface area contributed by atoms with Gasteiger partial charge in [0.15, 0.2) is 0 Å². The fraction of sp³-hybridized carbons (Fsp3) is 0.833. The van der Waals surface area contributed by atoms with Crippen molar-refractivity contribution in [2.24, 2.45) is 0 Å². The number of ether oxygens (including phenoxy) is 2. The Kier molecular flexibility index (Phi) is 4.14. The summed E-state index contributed by atoms with van der Waals surface area (Å²) in [5.74, 6) is -1.11. The van der Waals surface area contributed by atoms with Crippen molar-refractivity contribution in [1.82, 2.24) is 5.32 Å². The highest BCUT2D eigenvalue weighted by molar-refractivity contribution is 6.05. The Bertz CT molecular complexity index is 300. The lowest BCUT2D eigenvalue weighted by molar-refractivity contribution is -0.174. The van der Waals surface area contributed by atoms with Crippen LogP contribution in [-0.2, 0) is 19.1 Å². The molecule has 1 unspecified atom stereocenters. The molecule has 17 heavy (non-hydrogen) atoms. The van der Waals surface area contributed by atoms with Crippen LogP contribution >= 0.6 is 0 Å². The summed E-state index contributed by atoms with van der Waals surface area (Å²) in [7, 11) is 1.28. The van der Waals surface area contributed by atoms with Gasteiger partial charge in [-0.1, -0.05) is 0 Å². The molecular formula is C12H21NO4. The second-order valence-corrected chi connectivity index (χ2v) is 5.28. The highest BCUT2D eigenvalue weighted by atomic mass is 16.6. The molecule has 5 heteroatoms. The molecule has 1 aliphatic heterocycles. The van der Waals surface area contributed by atoms with Gasteiger partial charge in [-0.05, 0) is 46.6 Å². The molecule has 0 bridgehead atoms. The summed E-state index contributed by atoms with van der Waals surface area (Å²) >= 11 is 0. The summed E-state index contributed by atoms with van der Waals surface area (Å²) in [6.45, 7) is 5.95. The van der Waals surface area contributed by atoms with E-state index in [2.05, 4.69) is 5.32 Å². The van der Waals surface area contributed by atoms with E-state index in [0.717, 1.165) is 12.8 Å². The van der Waals surface area contributed by atoms with Gasteiger partial charge in [-0.15, -0.1) is 0 Å². The number of hydrogen-bond donors (Lipinski definition) is 1. The van der Waals surface area contributed by atoms with Crippen LogP contribution in [0.15, 0.2) is 0 Å². The normalized spacial score (nSPS) is 25.2. The Hall–Kier alpha value is -1.10. The Morgan fingerprint density at radius 1 is 1.18 bits per heavy atom. The number of hydrogen-bond acceptors (Lipinski definition) is 5. The zero-order valence-corrected chi connectivity index (χ0v) is 11.0. The van der Waals surface area contributed by atoms with E-state index in [-0.39, 0.29) is 0 Å². The fourth-order valence-electron chi connectivity index (χ4n) is 1.88. The van der Waals surface area contributed by atoms with Crippen LogP contribution in [0.1, 0.15) is 40.0 Å². The molecule has 1 N–H and O–H groups in total. The standard InChI is InChI=1S/C12H21NO4/c1-11(2,3)17-10(15)12(9(14)16-4)7-5-6-8-13-12/h13H,5-8H2,1-4H3. The molecule has 0 aromatic carbocycles. The summed E-state index contributed by atoms with van der Waals surface area (Å²) in [4.78, 5) is 24.0. The maximum absolute atomic E-state index is 12.2. The van der Waals surface area contributed by atoms with Gasteiger partial charge in [0.25, 0.3) is 0 Å². The zero-order valence-electron chi connectivity index (χ0n) is 11.0. The minimum Gasteiger partial charge on any atom is -0.467 e. The minimum absolute atomic E-state index is 0.425. The summed E-state index contributed by atoms with van der Waals surface area (Å²) in [6, 6.07) is 0. The smallest absolute Gasteiger partial charge is 0.338 e. The molecule has 0 saturated carbocycles. The third-order valence-electron chi connectivity index (χ3n) is 2.69. The van der Waals surface area contributed by atoms with Gasteiger partial charge in [-0.3, -0.25) is 5.32 Å². The molecule has 0 spiro atoms. The Balaban J connectivity index is 2.90. The maximum Gasteiger partial charge on any atom is 0.338 e. The maximum atomic E-state index is 12.2. The molecule has 1 aliphatic rings. The molecule has 0 amide bonds. The van der Waals surface area contributed by atoms with Crippen LogP contribution < -0.4 is 5.32 Å². The van der Waals surface area contributed by atoms with Gasteiger partial charge >= 0.3 is 11.9 Å². The number of esters is 2. The van der Waals surface area contributed by atoms with E-state index in [1.165, 1.54) is 7.11 Å². The second-order valence-electron chi connectivity index (χ2n) is 5.28. The molecule has 1 rings (SSSR count). The van der Waals surface area contributed by atoms with Gasteiger partial charge < -0.3 is 9.47 Å². The van der Waals surface area contributed by atoms with Crippen LogP contribution in [0, 0.1) is 0 Å². The molecule has 0 radical (unpaired) electrons. The van der Waals surface area contributed by atoms with Crippen LogP contribution in [0.4, 0.5) is 0 Å². The van der Waals surface area contributed by atoms with E-state index in [4.69, 9.17) is 9.47 Å². The quantitative estimate of drug-likeness (QED) is 0.579. The van der Waals surface area contributed by atoms with E-state index in [1.54, 1.807) is 20.8 Å². The fourth-order valence-corrected chi connectivity index (χ4v) is 1.88. The van der Waals surface area contributed by atoms with Crippen molar-refractivity contribution in [2.75, 3.05) is 13.7 Å². The molecular weight excluding hydrogens is 222 g/mol. The minimum atomic E-state index is -1.32. The number of piperidine rings is 1. The van der Waals surface area contributed by atoms with Crippen LogP contribution in [0.25, 0.3) is 0 Å². The van der Waals surface area contributed by atoms with Gasteiger partial charge in [-0.25, -0.2) is 9.59 Å². The molecule has 0 aromatic rings. The zero-order chi connectivity index (χ0) is 13.1.